The van der Waals surface area contributed by atoms with Crippen molar-refractivity contribution < 1.29 is 4.79 Å². The van der Waals surface area contributed by atoms with Crippen molar-refractivity contribution in [1.82, 2.24) is 0 Å². The molecule has 1 aliphatic rings. The molecule has 3 heteroatoms. The van der Waals surface area contributed by atoms with Crippen molar-refractivity contribution in [2.75, 3.05) is 5.32 Å². The van der Waals surface area contributed by atoms with E-state index in [0.29, 0.717) is 12.5 Å². The molecule has 1 aliphatic heterocycles. The van der Waals surface area contributed by atoms with Gasteiger partial charge in [0.05, 0.1) is 6.42 Å². The lowest BCUT2D eigenvalue weighted by Gasteiger charge is -2.26. The van der Waals surface area contributed by atoms with Crippen LogP contribution in [0.15, 0.2) is 18.2 Å². The Morgan fingerprint density at radius 3 is 3.13 bits per heavy atom. The summed E-state index contributed by atoms with van der Waals surface area (Å²) in [5.41, 5.74) is 8.66. The van der Waals surface area contributed by atoms with E-state index in [2.05, 4.69) is 18.3 Å². The largest absolute Gasteiger partial charge is 0.382 e. The second-order valence-electron chi connectivity index (χ2n) is 4.18. The van der Waals surface area contributed by atoms with Crippen molar-refractivity contribution in [3.8, 4) is 0 Å². The molecule has 80 valence electrons. The molecule has 0 bridgehead atoms. The SMILES string of the molecule is CC1CCc2cccc(CC(N)=O)c2N1. The van der Waals surface area contributed by atoms with E-state index in [9.17, 15) is 4.79 Å². The average molecular weight is 204 g/mol. The number of para-hydroxylation sites is 1. The van der Waals surface area contributed by atoms with Crippen LogP contribution in [0.4, 0.5) is 5.69 Å². The molecular formula is C12H16N2O. The highest BCUT2D eigenvalue weighted by Crippen LogP contribution is 2.28. The third-order valence-electron chi connectivity index (χ3n) is 2.84. The van der Waals surface area contributed by atoms with Gasteiger partial charge in [0.25, 0.3) is 0 Å². The summed E-state index contributed by atoms with van der Waals surface area (Å²) in [6.45, 7) is 2.16. The Balaban J connectivity index is 2.35. The van der Waals surface area contributed by atoms with Gasteiger partial charge >= 0.3 is 0 Å². The van der Waals surface area contributed by atoms with Gasteiger partial charge in [0, 0.05) is 11.7 Å². The average Bonchev–Trinajstić information content (AvgIpc) is 2.18. The summed E-state index contributed by atoms with van der Waals surface area (Å²) >= 11 is 0. The Labute approximate surface area is 89.7 Å². The summed E-state index contributed by atoms with van der Waals surface area (Å²) < 4.78 is 0. The van der Waals surface area contributed by atoms with Crippen molar-refractivity contribution in [2.45, 2.75) is 32.2 Å². The van der Waals surface area contributed by atoms with Gasteiger partial charge in [-0.25, -0.2) is 0 Å². The molecule has 0 spiro atoms. The zero-order valence-corrected chi connectivity index (χ0v) is 8.92. The van der Waals surface area contributed by atoms with Crippen LogP contribution >= 0.6 is 0 Å². The van der Waals surface area contributed by atoms with Gasteiger partial charge in [-0.3, -0.25) is 4.79 Å². The Kier molecular flexibility index (Phi) is 2.62. The highest BCUT2D eigenvalue weighted by Gasteiger charge is 2.17. The molecular weight excluding hydrogens is 188 g/mol. The van der Waals surface area contributed by atoms with Crippen LogP contribution in [0.1, 0.15) is 24.5 Å². The highest BCUT2D eigenvalue weighted by atomic mass is 16.1. The van der Waals surface area contributed by atoms with E-state index in [1.165, 1.54) is 5.56 Å². The van der Waals surface area contributed by atoms with Gasteiger partial charge in [-0.2, -0.15) is 0 Å². The first-order valence-corrected chi connectivity index (χ1v) is 5.32. The minimum absolute atomic E-state index is 0.275. The summed E-state index contributed by atoms with van der Waals surface area (Å²) in [5, 5.41) is 3.43. The zero-order valence-electron chi connectivity index (χ0n) is 8.92. The minimum atomic E-state index is -0.275. The second kappa shape index (κ2) is 3.93. The van der Waals surface area contributed by atoms with Crippen LogP contribution in [0.3, 0.4) is 0 Å². The van der Waals surface area contributed by atoms with E-state index in [1.807, 2.05) is 12.1 Å². The van der Waals surface area contributed by atoms with Crippen molar-refractivity contribution in [3.63, 3.8) is 0 Å². The lowest BCUT2D eigenvalue weighted by Crippen LogP contribution is -2.24. The normalized spacial score (nSPS) is 19.1. The molecule has 3 nitrogen and oxygen atoms in total. The lowest BCUT2D eigenvalue weighted by molar-refractivity contribution is -0.117. The maximum atomic E-state index is 10.9. The first-order chi connectivity index (χ1) is 7.16. The standard InChI is InChI=1S/C12H16N2O/c1-8-5-6-9-3-2-4-10(7-11(13)15)12(9)14-8/h2-4,8,14H,5-7H2,1H3,(H2,13,15). The summed E-state index contributed by atoms with van der Waals surface area (Å²) in [4.78, 5) is 10.9. The molecule has 1 unspecified atom stereocenters. The van der Waals surface area contributed by atoms with Crippen LogP contribution in [-0.4, -0.2) is 11.9 Å². The third kappa shape index (κ3) is 2.12. The maximum Gasteiger partial charge on any atom is 0.221 e. The topological polar surface area (TPSA) is 55.1 Å². The Morgan fingerprint density at radius 1 is 1.60 bits per heavy atom. The minimum Gasteiger partial charge on any atom is -0.382 e. The van der Waals surface area contributed by atoms with Gasteiger partial charge in [0.15, 0.2) is 0 Å². The smallest absolute Gasteiger partial charge is 0.221 e. The van der Waals surface area contributed by atoms with Crippen molar-refractivity contribution in [1.29, 1.82) is 0 Å². The molecule has 15 heavy (non-hydrogen) atoms. The number of anilines is 1. The van der Waals surface area contributed by atoms with Crippen LogP contribution in [-0.2, 0) is 17.6 Å². The van der Waals surface area contributed by atoms with Gasteiger partial charge in [-0.15, -0.1) is 0 Å². The molecule has 1 heterocycles. The van der Waals surface area contributed by atoms with E-state index in [-0.39, 0.29) is 5.91 Å². The summed E-state index contributed by atoms with van der Waals surface area (Å²) in [6, 6.07) is 6.55. The molecule has 0 radical (unpaired) electrons. The number of nitrogens with one attached hydrogen (secondary N) is 1. The number of nitrogens with two attached hydrogens (primary N) is 1. The number of carbonyl (C=O) groups is 1. The number of primary amides is 1. The molecule has 1 aromatic carbocycles. The summed E-state index contributed by atoms with van der Waals surface area (Å²) in [6.07, 6.45) is 2.55. The van der Waals surface area contributed by atoms with Gasteiger partial charge in [0.2, 0.25) is 5.91 Å². The van der Waals surface area contributed by atoms with E-state index < -0.39 is 0 Å². The number of fused-ring (bicyclic) bond motifs is 1. The number of carbonyl (C=O) groups excluding carboxylic acids is 1. The van der Waals surface area contributed by atoms with Crippen molar-refractivity contribution in [2.24, 2.45) is 5.73 Å². The third-order valence-corrected chi connectivity index (χ3v) is 2.84. The van der Waals surface area contributed by atoms with Crippen LogP contribution in [0.25, 0.3) is 0 Å². The number of hydrogen-bond donors (Lipinski definition) is 2. The molecule has 1 aromatic rings. The number of rotatable bonds is 2. The van der Waals surface area contributed by atoms with Crippen LogP contribution in [0.5, 0.6) is 0 Å². The van der Waals surface area contributed by atoms with E-state index in [4.69, 9.17) is 5.73 Å². The van der Waals surface area contributed by atoms with Crippen molar-refractivity contribution in [3.05, 3.63) is 29.3 Å². The molecule has 0 fully saturated rings. The monoisotopic (exact) mass is 204 g/mol. The maximum absolute atomic E-state index is 10.9. The first kappa shape index (κ1) is 10.0. The molecule has 1 atom stereocenters. The van der Waals surface area contributed by atoms with Crippen LogP contribution < -0.4 is 11.1 Å². The molecule has 0 saturated heterocycles. The van der Waals surface area contributed by atoms with Gasteiger partial charge < -0.3 is 11.1 Å². The fourth-order valence-electron chi connectivity index (χ4n) is 2.07. The fraction of sp³-hybridized carbons (Fsp3) is 0.417. The number of aryl methyl sites for hydroxylation is 1. The van der Waals surface area contributed by atoms with Crippen molar-refractivity contribution >= 4 is 11.6 Å². The van der Waals surface area contributed by atoms with E-state index >= 15 is 0 Å². The van der Waals surface area contributed by atoms with Crippen LogP contribution in [0.2, 0.25) is 0 Å². The Hall–Kier alpha value is -1.51. The quantitative estimate of drug-likeness (QED) is 0.766. The predicted octanol–water partition coefficient (Wildman–Crippen LogP) is 1.46. The lowest BCUT2D eigenvalue weighted by atomic mass is 9.95. The molecule has 0 saturated carbocycles. The Morgan fingerprint density at radius 2 is 2.40 bits per heavy atom. The van der Waals surface area contributed by atoms with E-state index in [0.717, 1.165) is 24.1 Å². The number of hydrogen-bond acceptors (Lipinski definition) is 2. The fourth-order valence-corrected chi connectivity index (χ4v) is 2.07. The molecule has 1 amide bonds. The zero-order chi connectivity index (χ0) is 10.8. The van der Waals surface area contributed by atoms with Gasteiger partial charge in [-0.05, 0) is 30.9 Å². The van der Waals surface area contributed by atoms with Crippen LogP contribution in [0, 0.1) is 0 Å². The number of benzene rings is 1. The predicted molar refractivity (Wildman–Crippen MR) is 60.7 cm³/mol. The molecule has 0 aromatic heterocycles. The molecule has 2 rings (SSSR count). The first-order valence-electron chi connectivity index (χ1n) is 5.32. The summed E-state index contributed by atoms with van der Waals surface area (Å²) in [5.74, 6) is -0.275. The van der Waals surface area contributed by atoms with E-state index in [1.54, 1.807) is 0 Å². The number of amides is 1. The van der Waals surface area contributed by atoms with Gasteiger partial charge in [0.1, 0.15) is 0 Å². The molecule has 3 N–H and O–H groups in total. The van der Waals surface area contributed by atoms with Gasteiger partial charge in [-0.1, -0.05) is 18.2 Å². The highest BCUT2D eigenvalue weighted by molar-refractivity contribution is 5.79. The summed E-state index contributed by atoms with van der Waals surface area (Å²) in [7, 11) is 0. The molecule has 0 aliphatic carbocycles. The Bertz CT molecular complexity index is 387. The second-order valence-corrected chi connectivity index (χ2v) is 4.18.